The first kappa shape index (κ1) is 13.9. The topological polar surface area (TPSA) is 31.1 Å². The average Bonchev–Trinajstić information content (AvgIpc) is 2.87. The number of hydrogen-bond donors (Lipinski definition) is 2. The predicted octanol–water partition coefficient (Wildman–Crippen LogP) is 3.40. The van der Waals surface area contributed by atoms with E-state index in [0.717, 1.165) is 30.2 Å². The molecule has 0 spiro atoms. The van der Waals surface area contributed by atoms with Gasteiger partial charge in [-0.05, 0) is 43.6 Å². The summed E-state index contributed by atoms with van der Waals surface area (Å²) in [4.78, 5) is 5.85. The molecule has 1 saturated heterocycles. The Morgan fingerprint density at radius 1 is 1.20 bits per heavy atom. The molecule has 0 amide bonds. The Morgan fingerprint density at radius 2 is 2.05 bits per heavy atom. The van der Waals surface area contributed by atoms with Crippen LogP contribution in [0.2, 0.25) is 5.02 Å². The van der Waals surface area contributed by atoms with Gasteiger partial charge in [-0.25, -0.2) is 0 Å². The monoisotopic (exact) mass is 291 g/mol. The highest BCUT2D eigenvalue weighted by Crippen LogP contribution is 2.21. The SMILES string of the molecule is Clc1ccc2c(CNCCN3CCCCC3)c[nH]c2c1. The second-order valence-electron chi connectivity index (χ2n) is 5.58. The zero-order valence-electron chi connectivity index (χ0n) is 11.8. The molecule has 2 N–H and O–H groups in total. The molecule has 1 aromatic heterocycles. The molecular formula is C16H22ClN3. The van der Waals surface area contributed by atoms with Crippen LogP contribution in [0.25, 0.3) is 10.9 Å². The van der Waals surface area contributed by atoms with Crippen LogP contribution < -0.4 is 5.32 Å². The summed E-state index contributed by atoms with van der Waals surface area (Å²) in [5.41, 5.74) is 2.43. The van der Waals surface area contributed by atoms with Crippen molar-refractivity contribution in [2.24, 2.45) is 0 Å². The van der Waals surface area contributed by atoms with Gasteiger partial charge in [-0.3, -0.25) is 0 Å². The zero-order valence-corrected chi connectivity index (χ0v) is 12.5. The van der Waals surface area contributed by atoms with Crippen molar-refractivity contribution in [1.29, 1.82) is 0 Å². The number of fused-ring (bicyclic) bond motifs is 1. The molecule has 0 saturated carbocycles. The van der Waals surface area contributed by atoms with Crippen LogP contribution in [0.3, 0.4) is 0 Å². The summed E-state index contributed by atoms with van der Waals surface area (Å²) in [6.45, 7) is 5.67. The molecule has 2 heterocycles. The number of nitrogens with zero attached hydrogens (tertiary/aromatic N) is 1. The Balaban J connectivity index is 1.49. The third-order valence-corrected chi connectivity index (χ3v) is 4.33. The Hall–Kier alpha value is -1.03. The van der Waals surface area contributed by atoms with Crippen molar-refractivity contribution < 1.29 is 0 Å². The van der Waals surface area contributed by atoms with Gasteiger partial charge in [0, 0.05) is 41.8 Å². The van der Waals surface area contributed by atoms with E-state index in [1.54, 1.807) is 0 Å². The number of aromatic nitrogens is 1. The average molecular weight is 292 g/mol. The molecule has 20 heavy (non-hydrogen) atoms. The first-order valence-corrected chi connectivity index (χ1v) is 7.89. The van der Waals surface area contributed by atoms with Gasteiger partial charge in [-0.15, -0.1) is 0 Å². The maximum absolute atomic E-state index is 6.00. The van der Waals surface area contributed by atoms with Crippen molar-refractivity contribution in [3.63, 3.8) is 0 Å². The minimum absolute atomic E-state index is 0.781. The number of aromatic amines is 1. The van der Waals surface area contributed by atoms with Crippen molar-refractivity contribution in [3.05, 3.63) is 35.0 Å². The smallest absolute Gasteiger partial charge is 0.0472 e. The molecule has 0 aliphatic carbocycles. The van der Waals surface area contributed by atoms with Crippen molar-refractivity contribution in [3.8, 4) is 0 Å². The number of hydrogen-bond acceptors (Lipinski definition) is 2. The third-order valence-electron chi connectivity index (χ3n) is 4.10. The zero-order chi connectivity index (χ0) is 13.8. The van der Waals surface area contributed by atoms with Crippen molar-refractivity contribution in [1.82, 2.24) is 15.2 Å². The second-order valence-corrected chi connectivity index (χ2v) is 6.02. The summed E-state index contributed by atoms with van der Waals surface area (Å²) in [6.07, 6.45) is 6.21. The molecule has 0 radical (unpaired) electrons. The first-order chi connectivity index (χ1) is 9.83. The number of benzene rings is 1. The van der Waals surface area contributed by atoms with E-state index in [-0.39, 0.29) is 0 Å². The van der Waals surface area contributed by atoms with Gasteiger partial charge in [0.05, 0.1) is 0 Å². The van der Waals surface area contributed by atoms with Gasteiger partial charge in [0.15, 0.2) is 0 Å². The number of piperidine rings is 1. The van der Waals surface area contributed by atoms with Crippen LogP contribution in [0, 0.1) is 0 Å². The lowest BCUT2D eigenvalue weighted by Crippen LogP contribution is -2.35. The lowest BCUT2D eigenvalue weighted by molar-refractivity contribution is 0.229. The van der Waals surface area contributed by atoms with E-state index in [1.165, 1.54) is 43.3 Å². The summed E-state index contributed by atoms with van der Waals surface area (Å²) in [5.74, 6) is 0. The van der Waals surface area contributed by atoms with Gasteiger partial charge < -0.3 is 15.2 Å². The summed E-state index contributed by atoms with van der Waals surface area (Å²) >= 11 is 6.00. The van der Waals surface area contributed by atoms with Gasteiger partial charge in [0.1, 0.15) is 0 Å². The van der Waals surface area contributed by atoms with E-state index < -0.39 is 0 Å². The third kappa shape index (κ3) is 3.35. The quantitative estimate of drug-likeness (QED) is 0.827. The number of halogens is 1. The largest absolute Gasteiger partial charge is 0.361 e. The van der Waals surface area contributed by atoms with Crippen molar-refractivity contribution in [2.45, 2.75) is 25.8 Å². The summed E-state index contributed by atoms with van der Waals surface area (Å²) < 4.78 is 0. The fraction of sp³-hybridized carbons (Fsp3) is 0.500. The van der Waals surface area contributed by atoms with E-state index in [0.29, 0.717) is 0 Å². The minimum Gasteiger partial charge on any atom is -0.361 e. The lowest BCUT2D eigenvalue weighted by atomic mass is 10.1. The van der Waals surface area contributed by atoms with Crippen molar-refractivity contribution >= 4 is 22.5 Å². The maximum Gasteiger partial charge on any atom is 0.0472 e. The van der Waals surface area contributed by atoms with Crippen LogP contribution >= 0.6 is 11.6 Å². The van der Waals surface area contributed by atoms with Crippen LogP contribution in [0.15, 0.2) is 24.4 Å². The van der Waals surface area contributed by atoms with Gasteiger partial charge in [-0.2, -0.15) is 0 Å². The number of H-pyrrole nitrogens is 1. The maximum atomic E-state index is 6.00. The van der Waals surface area contributed by atoms with E-state index in [4.69, 9.17) is 11.6 Å². The lowest BCUT2D eigenvalue weighted by Gasteiger charge is -2.26. The molecule has 3 nitrogen and oxygen atoms in total. The van der Waals surface area contributed by atoms with Gasteiger partial charge >= 0.3 is 0 Å². The van der Waals surface area contributed by atoms with E-state index >= 15 is 0 Å². The van der Waals surface area contributed by atoms with Crippen LogP contribution in [0.5, 0.6) is 0 Å². The molecule has 1 fully saturated rings. The number of rotatable bonds is 5. The highest BCUT2D eigenvalue weighted by Gasteiger charge is 2.09. The molecule has 108 valence electrons. The Bertz CT molecular complexity index is 558. The molecule has 4 heteroatoms. The standard InChI is InChI=1S/C16H22ClN3/c17-14-4-5-15-13(12-19-16(15)10-14)11-18-6-9-20-7-2-1-3-8-20/h4-5,10,12,18-19H,1-3,6-9,11H2. The summed E-state index contributed by atoms with van der Waals surface area (Å²) in [7, 11) is 0. The van der Waals surface area contributed by atoms with Gasteiger partial charge in [0.2, 0.25) is 0 Å². The Kier molecular flexibility index (Phi) is 4.61. The fourth-order valence-corrected chi connectivity index (χ4v) is 3.12. The minimum atomic E-state index is 0.781. The normalized spacial score (nSPS) is 16.9. The van der Waals surface area contributed by atoms with E-state index in [1.807, 2.05) is 12.1 Å². The first-order valence-electron chi connectivity index (χ1n) is 7.51. The Morgan fingerprint density at radius 3 is 2.90 bits per heavy atom. The fourth-order valence-electron chi connectivity index (χ4n) is 2.95. The summed E-state index contributed by atoms with van der Waals surface area (Å²) in [5, 5.41) is 5.59. The van der Waals surface area contributed by atoms with Crippen LogP contribution in [-0.2, 0) is 6.54 Å². The molecular weight excluding hydrogens is 270 g/mol. The molecule has 1 aromatic carbocycles. The van der Waals surface area contributed by atoms with Crippen LogP contribution in [0.1, 0.15) is 24.8 Å². The second kappa shape index (κ2) is 6.61. The van der Waals surface area contributed by atoms with Crippen LogP contribution in [0.4, 0.5) is 0 Å². The number of nitrogens with one attached hydrogen (secondary N) is 2. The van der Waals surface area contributed by atoms with Gasteiger partial charge in [-0.1, -0.05) is 24.1 Å². The predicted molar refractivity (Wildman–Crippen MR) is 85.3 cm³/mol. The van der Waals surface area contributed by atoms with Crippen molar-refractivity contribution in [2.75, 3.05) is 26.2 Å². The molecule has 1 aliphatic rings. The molecule has 3 rings (SSSR count). The Labute approximate surface area is 125 Å². The molecule has 1 aliphatic heterocycles. The van der Waals surface area contributed by atoms with E-state index in [2.05, 4.69) is 27.5 Å². The van der Waals surface area contributed by atoms with Gasteiger partial charge in [0.25, 0.3) is 0 Å². The molecule has 2 aromatic rings. The highest BCUT2D eigenvalue weighted by molar-refractivity contribution is 6.31. The molecule has 0 unspecified atom stereocenters. The number of likely N-dealkylation sites (tertiary alicyclic amines) is 1. The highest BCUT2D eigenvalue weighted by atomic mass is 35.5. The molecule has 0 atom stereocenters. The van der Waals surface area contributed by atoms with Crippen LogP contribution in [-0.4, -0.2) is 36.1 Å². The molecule has 0 bridgehead atoms. The van der Waals surface area contributed by atoms with E-state index in [9.17, 15) is 0 Å². The summed E-state index contributed by atoms with van der Waals surface area (Å²) in [6, 6.07) is 6.03.